The smallest absolute Gasteiger partial charge is 0.333 e. The lowest BCUT2D eigenvalue weighted by atomic mass is 9.98. The van der Waals surface area contributed by atoms with Crippen molar-refractivity contribution < 1.29 is 28.7 Å². The lowest BCUT2D eigenvalue weighted by Gasteiger charge is -2.23. The van der Waals surface area contributed by atoms with Crippen LogP contribution in [0.25, 0.3) is 0 Å². The lowest BCUT2D eigenvalue weighted by Crippen LogP contribution is -2.45. The first-order valence-electron chi connectivity index (χ1n) is 9.09. The van der Waals surface area contributed by atoms with E-state index in [1.807, 2.05) is 0 Å². The number of hydrogen-bond acceptors (Lipinski definition) is 7. The van der Waals surface area contributed by atoms with Gasteiger partial charge in [-0.3, -0.25) is 9.59 Å². The maximum atomic E-state index is 12.4. The Morgan fingerprint density at radius 1 is 1.33 bits per heavy atom. The van der Waals surface area contributed by atoms with E-state index in [9.17, 15) is 19.2 Å². The van der Waals surface area contributed by atoms with Gasteiger partial charge in [0.15, 0.2) is 0 Å². The van der Waals surface area contributed by atoms with Gasteiger partial charge in [-0.25, -0.2) is 9.59 Å². The summed E-state index contributed by atoms with van der Waals surface area (Å²) >= 11 is 1.28. The van der Waals surface area contributed by atoms with Gasteiger partial charge in [-0.15, -0.1) is 0 Å². The third-order valence-electron chi connectivity index (χ3n) is 4.61. The Morgan fingerprint density at radius 2 is 2.04 bits per heavy atom. The van der Waals surface area contributed by atoms with Gasteiger partial charge >= 0.3 is 11.9 Å². The number of amides is 2. The molecular weight excluding hydrogens is 372 g/mol. The molecule has 0 aromatic heterocycles. The summed E-state index contributed by atoms with van der Waals surface area (Å²) in [7, 11) is 1.28. The Kier molecular flexibility index (Phi) is 8.15. The number of ether oxygens (including phenoxy) is 2. The summed E-state index contributed by atoms with van der Waals surface area (Å²) in [5, 5.41) is 3.25. The Labute approximate surface area is 163 Å². The van der Waals surface area contributed by atoms with Crippen molar-refractivity contribution in [3.8, 4) is 0 Å². The molecule has 0 radical (unpaired) electrons. The average molecular weight is 398 g/mol. The first-order chi connectivity index (χ1) is 12.9. The van der Waals surface area contributed by atoms with Gasteiger partial charge < -0.3 is 19.7 Å². The third kappa shape index (κ3) is 6.27. The molecular formula is C18H26N2O6S. The van der Waals surface area contributed by atoms with Crippen LogP contribution in [-0.4, -0.2) is 60.7 Å². The third-order valence-corrected chi connectivity index (χ3v) is 5.63. The minimum absolute atomic E-state index is 0.0939. The molecule has 2 aliphatic rings. The summed E-state index contributed by atoms with van der Waals surface area (Å²) < 4.78 is 9.93. The zero-order chi connectivity index (χ0) is 19.8. The first kappa shape index (κ1) is 21.3. The highest BCUT2D eigenvalue weighted by atomic mass is 32.2. The number of nitrogens with one attached hydrogen (secondary N) is 1. The predicted octanol–water partition coefficient (Wildman–Crippen LogP) is 1.20. The molecule has 1 saturated heterocycles. The molecule has 1 atom stereocenters. The van der Waals surface area contributed by atoms with Crippen molar-refractivity contribution in [3.63, 3.8) is 0 Å². The standard InChI is InChI=1S/C18H26N2O6S/c1-12(21)19-17(13-6-3-4-7-13)18(24)26-9-5-8-20-14(22)11-27-15(20)10-16(23)25-2/h10,13,17H,3-9,11H2,1-2H3,(H,19,21)/b15-10+. The van der Waals surface area contributed by atoms with Crippen LogP contribution in [0.4, 0.5) is 0 Å². The van der Waals surface area contributed by atoms with Gasteiger partial charge in [0.25, 0.3) is 0 Å². The maximum absolute atomic E-state index is 12.4. The Hall–Kier alpha value is -2.03. The molecule has 1 saturated carbocycles. The summed E-state index contributed by atoms with van der Waals surface area (Å²) in [5.41, 5.74) is 0. The number of esters is 2. The fraction of sp³-hybridized carbons (Fsp3) is 0.667. The largest absolute Gasteiger partial charge is 0.466 e. The quantitative estimate of drug-likeness (QED) is 0.372. The fourth-order valence-electron chi connectivity index (χ4n) is 3.29. The van der Waals surface area contributed by atoms with Crippen molar-refractivity contribution in [3.05, 3.63) is 11.1 Å². The summed E-state index contributed by atoms with van der Waals surface area (Å²) in [6.45, 7) is 1.87. The highest BCUT2D eigenvalue weighted by Crippen LogP contribution is 2.29. The topological polar surface area (TPSA) is 102 Å². The maximum Gasteiger partial charge on any atom is 0.333 e. The van der Waals surface area contributed by atoms with Crippen molar-refractivity contribution in [2.75, 3.05) is 26.0 Å². The van der Waals surface area contributed by atoms with Crippen molar-refractivity contribution in [1.29, 1.82) is 0 Å². The van der Waals surface area contributed by atoms with Crippen molar-refractivity contribution in [2.45, 2.75) is 45.1 Å². The Bertz CT molecular complexity index is 615. The SMILES string of the molecule is COC(=O)/C=C1/SCC(=O)N1CCCOC(=O)C(NC(C)=O)C1CCCC1. The van der Waals surface area contributed by atoms with E-state index in [2.05, 4.69) is 10.1 Å². The molecule has 9 heteroatoms. The van der Waals surface area contributed by atoms with Gasteiger partial charge in [0.1, 0.15) is 6.04 Å². The van der Waals surface area contributed by atoms with Crippen LogP contribution < -0.4 is 5.32 Å². The molecule has 0 bridgehead atoms. The normalized spacial score (nSPS) is 20.0. The molecule has 1 heterocycles. The second-order valence-corrected chi connectivity index (χ2v) is 7.58. The summed E-state index contributed by atoms with van der Waals surface area (Å²) in [6, 6.07) is -0.608. The van der Waals surface area contributed by atoms with Crippen molar-refractivity contribution in [2.24, 2.45) is 5.92 Å². The number of nitrogens with zero attached hydrogens (tertiary/aromatic N) is 1. The minimum Gasteiger partial charge on any atom is -0.466 e. The van der Waals surface area contributed by atoms with Gasteiger partial charge in [-0.05, 0) is 25.2 Å². The number of carbonyl (C=O) groups excluding carboxylic acids is 4. The van der Waals surface area contributed by atoms with Crippen LogP contribution in [0.2, 0.25) is 0 Å². The molecule has 1 aliphatic carbocycles. The second-order valence-electron chi connectivity index (χ2n) is 6.58. The van der Waals surface area contributed by atoms with Crippen LogP contribution in [0.3, 0.4) is 0 Å². The van der Waals surface area contributed by atoms with Gasteiger partial charge in [0.2, 0.25) is 11.8 Å². The predicted molar refractivity (Wildman–Crippen MR) is 99.4 cm³/mol. The highest BCUT2D eigenvalue weighted by molar-refractivity contribution is 8.04. The average Bonchev–Trinajstić information content (AvgIpc) is 3.27. The van der Waals surface area contributed by atoms with E-state index < -0.39 is 18.0 Å². The molecule has 2 fully saturated rings. The van der Waals surface area contributed by atoms with E-state index in [-0.39, 0.29) is 30.1 Å². The molecule has 8 nitrogen and oxygen atoms in total. The number of thioether (sulfide) groups is 1. The van der Waals surface area contributed by atoms with E-state index >= 15 is 0 Å². The van der Waals surface area contributed by atoms with Crippen LogP contribution in [-0.2, 0) is 28.7 Å². The van der Waals surface area contributed by atoms with Crippen LogP contribution in [0, 0.1) is 5.92 Å². The summed E-state index contributed by atoms with van der Waals surface area (Å²) in [4.78, 5) is 48.6. The number of methoxy groups -OCH3 is 1. The lowest BCUT2D eigenvalue weighted by molar-refractivity contribution is -0.149. The van der Waals surface area contributed by atoms with Gasteiger partial charge in [-0.2, -0.15) is 0 Å². The molecule has 27 heavy (non-hydrogen) atoms. The summed E-state index contributed by atoms with van der Waals surface area (Å²) in [6.07, 6.45) is 5.64. The highest BCUT2D eigenvalue weighted by Gasteiger charge is 2.32. The van der Waals surface area contributed by atoms with E-state index in [4.69, 9.17) is 4.74 Å². The van der Waals surface area contributed by atoms with Gasteiger partial charge in [0, 0.05) is 13.5 Å². The van der Waals surface area contributed by atoms with E-state index in [1.165, 1.54) is 36.8 Å². The Morgan fingerprint density at radius 3 is 2.67 bits per heavy atom. The molecule has 2 amide bonds. The fourth-order valence-corrected chi connectivity index (χ4v) is 4.25. The number of hydrogen-bond donors (Lipinski definition) is 1. The molecule has 1 unspecified atom stereocenters. The minimum atomic E-state index is -0.608. The number of rotatable bonds is 8. The molecule has 2 rings (SSSR count). The van der Waals surface area contributed by atoms with E-state index in [0.29, 0.717) is 18.0 Å². The molecule has 0 aromatic carbocycles. The van der Waals surface area contributed by atoms with Gasteiger partial charge in [-0.1, -0.05) is 24.6 Å². The molecule has 1 N–H and O–H groups in total. The van der Waals surface area contributed by atoms with Crippen LogP contribution in [0.1, 0.15) is 39.0 Å². The number of carbonyl (C=O) groups is 4. The molecule has 150 valence electrons. The zero-order valence-corrected chi connectivity index (χ0v) is 16.5. The van der Waals surface area contributed by atoms with Crippen molar-refractivity contribution >= 4 is 35.5 Å². The molecule has 1 aliphatic heterocycles. The molecule has 0 spiro atoms. The van der Waals surface area contributed by atoms with Crippen LogP contribution in [0.15, 0.2) is 11.1 Å². The van der Waals surface area contributed by atoms with Gasteiger partial charge in [0.05, 0.1) is 30.6 Å². The van der Waals surface area contributed by atoms with E-state index in [1.54, 1.807) is 0 Å². The monoisotopic (exact) mass is 398 g/mol. The van der Waals surface area contributed by atoms with E-state index in [0.717, 1.165) is 25.7 Å². The van der Waals surface area contributed by atoms with Crippen LogP contribution >= 0.6 is 11.8 Å². The molecule has 0 aromatic rings. The Balaban J connectivity index is 1.82. The summed E-state index contributed by atoms with van der Waals surface area (Å²) in [5.74, 6) is -0.894. The zero-order valence-electron chi connectivity index (χ0n) is 15.7. The second kappa shape index (κ2) is 10.3. The van der Waals surface area contributed by atoms with Crippen molar-refractivity contribution in [1.82, 2.24) is 10.2 Å². The van der Waals surface area contributed by atoms with Crippen LogP contribution in [0.5, 0.6) is 0 Å². The first-order valence-corrected chi connectivity index (χ1v) is 10.1.